The summed E-state index contributed by atoms with van der Waals surface area (Å²) >= 11 is 7.08. The number of rotatable bonds is 3. The summed E-state index contributed by atoms with van der Waals surface area (Å²) in [5, 5.41) is 0. The number of hydrogen-bond acceptors (Lipinski definition) is 3. The maximum atomic E-state index is 12.6. The summed E-state index contributed by atoms with van der Waals surface area (Å²) in [6, 6.07) is 0.374. The summed E-state index contributed by atoms with van der Waals surface area (Å²) in [4.78, 5) is 15.0. The number of carbonyl (C=O) groups is 1. The highest BCUT2D eigenvalue weighted by atomic mass is 32.2. The van der Waals surface area contributed by atoms with Crippen molar-refractivity contribution in [3.8, 4) is 0 Å². The van der Waals surface area contributed by atoms with Crippen molar-refractivity contribution >= 4 is 34.9 Å². The van der Waals surface area contributed by atoms with E-state index in [-0.39, 0.29) is 5.91 Å². The molecule has 0 spiro atoms. The van der Waals surface area contributed by atoms with E-state index in [1.807, 2.05) is 23.7 Å². The van der Waals surface area contributed by atoms with Crippen molar-refractivity contribution in [3.05, 3.63) is 0 Å². The highest BCUT2D eigenvalue weighted by Crippen LogP contribution is 2.41. The van der Waals surface area contributed by atoms with Gasteiger partial charge in [0.2, 0.25) is 5.91 Å². The second-order valence-corrected chi connectivity index (χ2v) is 6.68. The molecule has 1 amide bonds. The number of thiocarbonyl (C=S) groups is 1. The molecule has 17 heavy (non-hydrogen) atoms. The minimum atomic E-state index is -0.530. The lowest BCUT2D eigenvalue weighted by Crippen LogP contribution is -2.51. The van der Waals surface area contributed by atoms with E-state index in [0.29, 0.717) is 11.0 Å². The lowest BCUT2D eigenvalue weighted by Gasteiger charge is -2.34. The van der Waals surface area contributed by atoms with E-state index in [4.69, 9.17) is 18.0 Å². The Morgan fingerprint density at radius 2 is 2.12 bits per heavy atom. The molecule has 2 rings (SSSR count). The van der Waals surface area contributed by atoms with Gasteiger partial charge in [-0.05, 0) is 25.0 Å². The van der Waals surface area contributed by atoms with E-state index in [0.717, 1.165) is 43.6 Å². The molecule has 2 fully saturated rings. The third-order valence-corrected chi connectivity index (χ3v) is 5.65. The highest BCUT2D eigenvalue weighted by Gasteiger charge is 2.46. The number of nitrogens with two attached hydrogens (primary N) is 1. The largest absolute Gasteiger partial charge is 0.392 e. The number of nitrogens with zero attached hydrogens (tertiary/aromatic N) is 1. The fourth-order valence-electron chi connectivity index (χ4n) is 2.88. The lowest BCUT2D eigenvalue weighted by molar-refractivity contribution is -0.138. The van der Waals surface area contributed by atoms with Crippen LogP contribution in [0.2, 0.25) is 0 Å². The van der Waals surface area contributed by atoms with Gasteiger partial charge in [0.1, 0.15) is 0 Å². The van der Waals surface area contributed by atoms with E-state index in [1.165, 1.54) is 0 Å². The molecule has 0 bridgehead atoms. The quantitative estimate of drug-likeness (QED) is 0.796. The molecule has 2 aliphatic rings. The van der Waals surface area contributed by atoms with E-state index in [9.17, 15) is 4.79 Å². The zero-order valence-electron chi connectivity index (χ0n) is 10.3. The molecule has 3 nitrogen and oxygen atoms in total. The van der Waals surface area contributed by atoms with Crippen LogP contribution in [0.15, 0.2) is 0 Å². The molecular formula is C12H20N2OS2. The first kappa shape index (κ1) is 13.1. The molecule has 1 saturated heterocycles. The second kappa shape index (κ2) is 5.14. The Morgan fingerprint density at radius 3 is 2.59 bits per heavy atom. The summed E-state index contributed by atoms with van der Waals surface area (Å²) in [7, 11) is 1.91. The zero-order chi connectivity index (χ0) is 12.5. The Balaban J connectivity index is 2.13. The predicted octanol–water partition coefficient (Wildman–Crippen LogP) is 1.80. The summed E-state index contributed by atoms with van der Waals surface area (Å²) in [6.07, 6.45) is 4.91. The van der Waals surface area contributed by atoms with Gasteiger partial charge >= 0.3 is 0 Å². The van der Waals surface area contributed by atoms with Crippen molar-refractivity contribution in [1.82, 2.24) is 4.90 Å². The summed E-state index contributed by atoms with van der Waals surface area (Å²) in [5.41, 5.74) is 5.32. The van der Waals surface area contributed by atoms with Gasteiger partial charge in [0, 0.05) is 18.8 Å². The second-order valence-electron chi connectivity index (χ2n) is 5.09. The first-order chi connectivity index (χ1) is 8.08. The van der Waals surface area contributed by atoms with E-state index >= 15 is 0 Å². The maximum Gasteiger partial charge on any atom is 0.235 e. The molecule has 96 valence electrons. The van der Waals surface area contributed by atoms with Crippen LogP contribution in [0.5, 0.6) is 0 Å². The normalized spacial score (nSPS) is 27.0. The number of hydrogen-bond donors (Lipinski definition) is 1. The van der Waals surface area contributed by atoms with Gasteiger partial charge in [0.05, 0.1) is 10.4 Å². The maximum absolute atomic E-state index is 12.6. The Morgan fingerprint density at radius 1 is 1.47 bits per heavy atom. The van der Waals surface area contributed by atoms with Crippen LogP contribution in [0.4, 0.5) is 0 Å². The Bertz CT molecular complexity index is 320. The molecular weight excluding hydrogens is 252 g/mol. The topological polar surface area (TPSA) is 46.3 Å². The van der Waals surface area contributed by atoms with Crippen molar-refractivity contribution in [2.45, 2.75) is 38.1 Å². The van der Waals surface area contributed by atoms with Crippen LogP contribution >= 0.6 is 24.0 Å². The molecule has 1 unspecified atom stereocenters. The van der Waals surface area contributed by atoms with Crippen LogP contribution in [0.3, 0.4) is 0 Å². The predicted molar refractivity (Wildman–Crippen MR) is 76.2 cm³/mol. The molecule has 1 heterocycles. The number of thioether (sulfide) groups is 1. The Kier molecular flexibility index (Phi) is 3.98. The minimum Gasteiger partial charge on any atom is -0.392 e. The van der Waals surface area contributed by atoms with Crippen molar-refractivity contribution in [2.24, 2.45) is 11.1 Å². The zero-order valence-corrected chi connectivity index (χ0v) is 11.9. The molecule has 1 atom stereocenters. The van der Waals surface area contributed by atoms with E-state index in [2.05, 4.69) is 0 Å². The molecule has 0 aromatic carbocycles. The molecule has 0 aromatic rings. The number of carbonyl (C=O) groups excluding carboxylic acids is 1. The molecule has 1 saturated carbocycles. The van der Waals surface area contributed by atoms with Gasteiger partial charge < -0.3 is 10.6 Å². The molecule has 1 aliphatic carbocycles. The SMILES string of the molecule is CN(C(=O)C1(C(N)=S)CCCC1)C1CCSC1. The van der Waals surface area contributed by atoms with Gasteiger partial charge in [-0.25, -0.2) is 0 Å². The van der Waals surface area contributed by atoms with Gasteiger partial charge in [-0.2, -0.15) is 11.8 Å². The molecule has 0 aromatic heterocycles. The van der Waals surface area contributed by atoms with Gasteiger partial charge in [-0.3, -0.25) is 4.79 Å². The molecule has 2 N–H and O–H groups in total. The highest BCUT2D eigenvalue weighted by molar-refractivity contribution is 7.99. The average Bonchev–Trinajstić information content (AvgIpc) is 2.98. The van der Waals surface area contributed by atoms with E-state index in [1.54, 1.807) is 0 Å². The lowest BCUT2D eigenvalue weighted by atomic mass is 9.84. The average molecular weight is 272 g/mol. The fraction of sp³-hybridized carbons (Fsp3) is 0.833. The third kappa shape index (κ3) is 2.32. The fourth-order valence-corrected chi connectivity index (χ4v) is 4.43. The smallest absolute Gasteiger partial charge is 0.235 e. The van der Waals surface area contributed by atoms with Crippen LogP contribution < -0.4 is 5.73 Å². The first-order valence-corrected chi connectivity index (χ1v) is 7.79. The van der Waals surface area contributed by atoms with Crippen LogP contribution in [0.25, 0.3) is 0 Å². The molecule has 0 radical (unpaired) electrons. The molecule has 5 heteroatoms. The van der Waals surface area contributed by atoms with Crippen molar-refractivity contribution < 1.29 is 4.79 Å². The Labute approximate surface area is 112 Å². The monoisotopic (exact) mass is 272 g/mol. The van der Waals surface area contributed by atoms with Crippen molar-refractivity contribution in [1.29, 1.82) is 0 Å². The third-order valence-electron chi connectivity index (χ3n) is 4.11. The Hall–Kier alpha value is -0.290. The van der Waals surface area contributed by atoms with Gasteiger partial charge in [-0.15, -0.1) is 0 Å². The van der Waals surface area contributed by atoms with Crippen LogP contribution in [0, 0.1) is 5.41 Å². The molecule has 1 aliphatic heterocycles. The van der Waals surface area contributed by atoms with Crippen molar-refractivity contribution in [3.63, 3.8) is 0 Å². The summed E-state index contributed by atoms with van der Waals surface area (Å²) in [6.45, 7) is 0. The van der Waals surface area contributed by atoms with Crippen LogP contribution in [-0.4, -0.2) is 40.4 Å². The first-order valence-electron chi connectivity index (χ1n) is 6.23. The summed E-state index contributed by atoms with van der Waals surface area (Å²) < 4.78 is 0. The number of amides is 1. The van der Waals surface area contributed by atoms with Crippen molar-refractivity contribution in [2.75, 3.05) is 18.6 Å². The van der Waals surface area contributed by atoms with E-state index < -0.39 is 5.41 Å². The van der Waals surface area contributed by atoms with Crippen LogP contribution in [0.1, 0.15) is 32.1 Å². The van der Waals surface area contributed by atoms with Gasteiger partial charge in [0.15, 0.2) is 0 Å². The standard InChI is InChI=1S/C12H20N2OS2/c1-14(9-4-7-17-8-9)11(15)12(10(13)16)5-2-3-6-12/h9H,2-8H2,1H3,(H2,13,16). The summed E-state index contributed by atoms with van der Waals surface area (Å²) in [5.74, 6) is 2.37. The van der Waals surface area contributed by atoms with Gasteiger partial charge in [0.25, 0.3) is 0 Å². The van der Waals surface area contributed by atoms with Crippen LogP contribution in [-0.2, 0) is 4.79 Å². The minimum absolute atomic E-state index is 0.162. The van der Waals surface area contributed by atoms with Gasteiger partial charge in [-0.1, -0.05) is 25.1 Å².